The number of β-amino-alcohol motifs (C(OH)–C–C–N with tert-alkyl or cyclic N) is 1. The number of nitrogens with one attached hydrogen (secondary N) is 1. The van der Waals surface area contributed by atoms with Crippen LogP contribution in [0.25, 0.3) is 5.57 Å². The van der Waals surface area contributed by atoms with Gasteiger partial charge in [-0.05, 0) is 31.8 Å². The summed E-state index contributed by atoms with van der Waals surface area (Å²) in [6.07, 6.45) is 6.56. The third-order valence-corrected chi connectivity index (χ3v) is 8.35. The van der Waals surface area contributed by atoms with E-state index in [-0.39, 0.29) is 43.1 Å². The first kappa shape index (κ1) is 27.4. The first-order chi connectivity index (χ1) is 17.8. The van der Waals surface area contributed by atoms with E-state index in [1.807, 2.05) is 17.3 Å². The van der Waals surface area contributed by atoms with Crippen molar-refractivity contribution in [3.8, 4) is 0 Å². The number of thiazole rings is 1. The second-order valence-electron chi connectivity index (χ2n) is 9.95. The van der Waals surface area contributed by atoms with Gasteiger partial charge in [-0.25, -0.2) is 4.98 Å². The van der Waals surface area contributed by atoms with Crippen molar-refractivity contribution in [3.05, 3.63) is 34.3 Å². The Kier molecular flexibility index (Phi) is 9.12. The van der Waals surface area contributed by atoms with Crippen LogP contribution in [0.2, 0.25) is 0 Å². The lowest BCUT2D eigenvalue weighted by Crippen LogP contribution is -2.59. The zero-order valence-corrected chi connectivity index (χ0v) is 22.6. The molecule has 4 atom stereocenters. The maximum absolute atomic E-state index is 13.4. The first-order valence-electron chi connectivity index (χ1n) is 12.8. The topological polar surface area (TPSA) is 115 Å². The maximum Gasteiger partial charge on any atom is 0.245 e. The van der Waals surface area contributed by atoms with Crippen LogP contribution < -0.4 is 5.32 Å². The number of likely N-dealkylation sites (tertiary alicyclic amines) is 1. The van der Waals surface area contributed by atoms with Crippen LogP contribution >= 0.6 is 11.3 Å². The monoisotopic (exact) mass is 531 g/mol. The van der Waals surface area contributed by atoms with E-state index in [1.165, 1.54) is 4.90 Å². The Morgan fingerprint density at radius 3 is 2.81 bits per heavy atom. The molecule has 1 aromatic heterocycles. The summed E-state index contributed by atoms with van der Waals surface area (Å²) in [5.41, 5.74) is 4.01. The highest BCUT2D eigenvalue weighted by atomic mass is 32.1. The number of nitrogens with zero attached hydrogens (tertiary/aromatic N) is 4. The molecule has 2 saturated heterocycles. The van der Waals surface area contributed by atoms with Crippen LogP contribution in [0.4, 0.5) is 0 Å². The van der Waals surface area contributed by atoms with Crippen molar-refractivity contribution in [1.82, 2.24) is 25.0 Å². The molecule has 2 fully saturated rings. The molecule has 0 bridgehead atoms. The number of methoxy groups -OCH3 is 1. The highest BCUT2D eigenvalue weighted by Crippen LogP contribution is 2.29. The van der Waals surface area contributed by atoms with Crippen molar-refractivity contribution in [2.75, 3.05) is 53.0 Å². The molecule has 3 amide bonds. The average molecular weight is 532 g/mol. The molecule has 4 rings (SSSR count). The highest BCUT2D eigenvalue weighted by Gasteiger charge is 2.42. The predicted octanol–water partition coefficient (Wildman–Crippen LogP) is 0.668. The van der Waals surface area contributed by atoms with E-state index in [0.717, 1.165) is 22.6 Å². The number of ether oxygens (including phenoxy) is 1. The number of aromatic nitrogens is 1. The molecular weight excluding hydrogens is 494 g/mol. The van der Waals surface area contributed by atoms with Crippen LogP contribution in [0.5, 0.6) is 0 Å². The second kappa shape index (κ2) is 12.3. The van der Waals surface area contributed by atoms with Crippen molar-refractivity contribution in [1.29, 1.82) is 0 Å². The summed E-state index contributed by atoms with van der Waals surface area (Å²) in [7, 11) is 1.62. The van der Waals surface area contributed by atoms with E-state index in [4.69, 9.17) is 4.74 Å². The molecule has 0 aromatic carbocycles. The summed E-state index contributed by atoms with van der Waals surface area (Å²) < 4.78 is 5.09. The molecule has 10 nitrogen and oxygen atoms in total. The Bertz CT molecular complexity index is 1060. The molecule has 0 saturated carbocycles. The number of carbonyl (C=O) groups is 3. The molecule has 3 heterocycles. The van der Waals surface area contributed by atoms with Crippen molar-refractivity contribution in [2.24, 2.45) is 5.92 Å². The van der Waals surface area contributed by atoms with Gasteiger partial charge < -0.3 is 25.0 Å². The Hall–Kier alpha value is -2.60. The van der Waals surface area contributed by atoms with E-state index < -0.39 is 18.2 Å². The van der Waals surface area contributed by atoms with Gasteiger partial charge in [0, 0.05) is 46.3 Å². The van der Waals surface area contributed by atoms with Gasteiger partial charge in [-0.3, -0.25) is 19.3 Å². The lowest BCUT2D eigenvalue weighted by Gasteiger charge is -2.38. The zero-order chi connectivity index (χ0) is 26.5. The van der Waals surface area contributed by atoms with Gasteiger partial charge in [0.2, 0.25) is 17.7 Å². The number of allylic oxidation sites excluding steroid dienone is 3. The third-order valence-electron chi connectivity index (χ3n) is 7.37. The normalized spacial score (nSPS) is 25.4. The van der Waals surface area contributed by atoms with Gasteiger partial charge in [0.15, 0.2) is 0 Å². The van der Waals surface area contributed by atoms with Crippen LogP contribution in [0.15, 0.2) is 23.7 Å². The van der Waals surface area contributed by atoms with Gasteiger partial charge in [0.25, 0.3) is 0 Å². The van der Waals surface area contributed by atoms with Crippen molar-refractivity contribution >= 4 is 34.6 Å². The van der Waals surface area contributed by atoms with E-state index in [0.29, 0.717) is 32.8 Å². The van der Waals surface area contributed by atoms with Gasteiger partial charge in [0.05, 0.1) is 35.3 Å². The van der Waals surface area contributed by atoms with Gasteiger partial charge in [0.1, 0.15) is 12.1 Å². The molecule has 0 spiro atoms. The molecule has 2 unspecified atom stereocenters. The van der Waals surface area contributed by atoms with E-state index in [9.17, 15) is 19.5 Å². The van der Waals surface area contributed by atoms with Gasteiger partial charge in [-0.15, -0.1) is 11.3 Å². The quantitative estimate of drug-likeness (QED) is 0.481. The van der Waals surface area contributed by atoms with Crippen LogP contribution in [0.1, 0.15) is 30.3 Å². The summed E-state index contributed by atoms with van der Waals surface area (Å²) in [5, 5.41) is 13.3. The van der Waals surface area contributed by atoms with Gasteiger partial charge >= 0.3 is 0 Å². The number of amides is 3. The lowest BCUT2D eigenvalue weighted by atomic mass is 9.95. The van der Waals surface area contributed by atoms with Gasteiger partial charge in [-0.1, -0.05) is 18.2 Å². The Morgan fingerprint density at radius 2 is 2.16 bits per heavy atom. The van der Waals surface area contributed by atoms with E-state index >= 15 is 0 Å². The molecule has 11 heteroatoms. The minimum atomic E-state index is -0.767. The number of aryl methyl sites for hydroxylation is 1. The molecule has 1 aromatic rings. The summed E-state index contributed by atoms with van der Waals surface area (Å²) in [6.45, 7) is 6.78. The van der Waals surface area contributed by atoms with Crippen LogP contribution in [0.3, 0.4) is 0 Å². The van der Waals surface area contributed by atoms with Crippen LogP contribution in [-0.4, -0.2) is 114 Å². The smallest absolute Gasteiger partial charge is 0.245 e. The minimum absolute atomic E-state index is 0.0902. The second-order valence-corrected chi connectivity index (χ2v) is 10.8. The molecule has 37 heavy (non-hydrogen) atoms. The van der Waals surface area contributed by atoms with E-state index in [2.05, 4.69) is 28.5 Å². The molecular formula is C26H37N5O5S. The molecule has 2 N–H and O–H groups in total. The number of hydrogen-bond donors (Lipinski definition) is 2. The molecule has 0 radical (unpaired) electrons. The largest absolute Gasteiger partial charge is 0.391 e. The number of aliphatic hydroxyl groups is 1. The fraction of sp³-hybridized carbons (Fsp3) is 0.615. The predicted molar refractivity (Wildman–Crippen MR) is 141 cm³/mol. The maximum atomic E-state index is 13.4. The van der Waals surface area contributed by atoms with Gasteiger partial charge in [-0.2, -0.15) is 0 Å². The first-order valence-corrected chi connectivity index (χ1v) is 13.7. The van der Waals surface area contributed by atoms with Crippen molar-refractivity contribution in [3.63, 3.8) is 0 Å². The molecule has 202 valence electrons. The van der Waals surface area contributed by atoms with Crippen molar-refractivity contribution < 1.29 is 24.2 Å². The summed E-state index contributed by atoms with van der Waals surface area (Å²) in [6, 6.07) is -1.45. The number of hydrogen-bond acceptors (Lipinski definition) is 8. The minimum Gasteiger partial charge on any atom is -0.391 e. The Balaban J connectivity index is 1.30. The SMILES string of the molecule is COCCN1CCN(C(C)C(=O)N2C[C@H](O)C[C@H]2C(=O)NCC2C=CC(c3scnc3C)=CC2)C(=O)C1. The number of carbonyl (C=O) groups excluding carboxylic acids is 3. The van der Waals surface area contributed by atoms with Crippen molar-refractivity contribution in [2.45, 2.75) is 44.9 Å². The third kappa shape index (κ3) is 6.46. The number of aliphatic hydroxyl groups excluding tert-OH is 1. The Labute approximate surface area is 222 Å². The zero-order valence-electron chi connectivity index (χ0n) is 21.8. The van der Waals surface area contributed by atoms with Crippen LogP contribution in [-0.2, 0) is 19.1 Å². The van der Waals surface area contributed by atoms with E-state index in [1.54, 1.807) is 30.3 Å². The lowest BCUT2D eigenvalue weighted by molar-refractivity contribution is -0.150. The molecule has 3 aliphatic rings. The van der Waals surface area contributed by atoms with Crippen LogP contribution in [0, 0.1) is 12.8 Å². The summed E-state index contributed by atoms with van der Waals surface area (Å²) >= 11 is 1.62. The number of piperazine rings is 1. The fourth-order valence-corrected chi connectivity index (χ4v) is 5.97. The number of rotatable bonds is 9. The summed E-state index contributed by atoms with van der Waals surface area (Å²) in [4.78, 5) is 49.7. The molecule has 1 aliphatic carbocycles. The Morgan fingerprint density at radius 1 is 1.35 bits per heavy atom. The molecule has 2 aliphatic heterocycles. The summed E-state index contributed by atoms with van der Waals surface area (Å²) in [5.74, 6) is -0.536. The standard InChI is InChI=1S/C26H37N5O5S/c1-17-24(37-16-28-17)20-6-4-19(5-7-20)13-27-25(34)22-12-21(32)14-31(22)26(35)18(2)30-9-8-29(10-11-36-3)15-23(30)33/h4,6-7,16,18-19,21-22,32H,5,8-15H2,1-3H3,(H,27,34)/t18?,19?,21-,22+/m1/s1. The average Bonchev–Trinajstić information content (AvgIpc) is 3.51. The fourth-order valence-electron chi connectivity index (χ4n) is 5.15. The highest BCUT2D eigenvalue weighted by molar-refractivity contribution is 7.11.